The minimum atomic E-state index is -1.25. The summed E-state index contributed by atoms with van der Waals surface area (Å²) in [6.45, 7) is 0.220. The molecule has 1 aromatic carbocycles. The van der Waals surface area contributed by atoms with Gasteiger partial charge in [0.25, 0.3) is 5.91 Å². The van der Waals surface area contributed by atoms with Gasteiger partial charge in [0.05, 0.1) is 0 Å². The van der Waals surface area contributed by atoms with E-state index in [1.807, 2.05) is 0 Å². The van der Waals surface area contributed by atoms with Gasteiger partial charge in [0, 0.05) is 40.8 Å². The van der Waals surface area contributed by atoms with Crippen molar-refractivity contribution in [2.45, 2.75) is 18.0 Å². The largest absolute Gasteiger partial charge is 0.504 e. The first-order chi connectivity index (χ1) is 15.3. The highest BCUT2D eigenvalue weighted by molar-refractivity contribution is 8.00. The number of phenolic OH excluding ortho intramolecular Hbond substituents is 2. The van der Waals surface area contributed by atoms with Crippen LogP contribution in [0.2, 0.25) is 0 Å². The predicted molar refractivity (Wildman–Crippen MR) is 112 cm³/mol. The zero-order chi connectivity index (χ0) is 23.0. The van der Waals surface area contributed by atoms with Gasteiger partial charge in [-0.25, -0.2) is 9.36 Å². The van der Waals surface area contributed by atoms with Gasteiger partial charge in [-0.3, -0.25) is 24.2 Å². The molecule has 1 saturated heterocycles. The van der Waals surface area contributed by atoms with Crippen LogP contribution in [0, 0.1) is 0 Å². The molecule has 0 radical (unpaired) electrons. The maximum atomic E-state index is 13.0. The van der Waals surface area contributed by atoms with Gasteiger partial charge in [0.15, 0.2) is 36.7 Å². The summed E-state index contributed by atoms with van der Waals surface area (Å²) in [5, 5.41) is 28.4. The Morgan fingerprint density at radius 2 is 1.91 bits per heavy atom. The lowest BCUT2D eigenvalue weighted by Gasteiger charge is -2.51. The van der Waals surface area contributed by atoms with Crippen LogP contribution >= 0.6 is 11.8 Å². The quantitative estimate of drug-likeness (QED) is 0.237. The van der Waals surface area contributed by atoms with Crippen molar-refractivity contribution in [2.75, 3.05) is 10.7 Å². The second-order valence-electron chi connectivity index (χ2n) is 7.22. The number of pyridine rings is 1. The Hall–Kier alpha value is -3.86. The second-order valence-corrected chi connectivity index (χ2v) is 8.32. The van der Waals surface area contributed by atoms with Gasteiger partial charge in [0.2, 0.25) is 6.41 Å². The molecule has 3 N–H and O–H groups in total. The lowest BCUT2D eigenvalue weighted by atomic mass is 10.0. The highest BCUT2D eigenvalue weighted by Crippen LogP contribution is 2.43. The summed E-state index contributed by atoms with van der Waals surface area (Å²) < 4.78 is 1.71. The number of benzene rings is 1. The number of phenols is 2. The van der Waals surface area contributed by atoms with Crippen LogP contribution in [0.15, 0.2) is 54.0 Å². The number of amides is 2. The summed E-state index contributed by atoms with van der Waals surface area (Å²) in [4.78, 5) is 49.9. The summed E-state index contributed by atoms with van der Waals surface area (Å²) in [7, 11) is 0. The first-order valence-electron chi connectivity index (χ1n) is 9.45. The molecule has 0 spiro atoms. The number of carbonyl (C=O) groups is 4. The smallest absolute Gasteiger partial charge is 0.352 e. The number of β-lactam (4-membered cyclic amide) rings is 1. The third-order valence-corrected chi connectivity index (χ3v) is 6.64. The van der Waals surface area contributed by atoms with E-state index in [9.17, 15) is 34.5 Å². The van der Waals surface area contributed by atoms with E-state index in [0.29, 0.717) is 29.6 Å². The maximum Gasteiger partial charge on any atom is 0.352 e. The van der Waals surface area contributed by atoms with Crippen LogP contribution < -0.4 is 9.47 Å². The van der Waals surface area contributed by atoms with Crippen LogP contribution in [-0.2, 0) is 20.9 Å². The molecule has 1 aromatic heterocycles. The van der Waals surface area contributed by atoms with Crippen molar-refractivity contribution in [3.63, 3.8) is 0 Å². The first-order valence-corrected chi connectivity index (χ1v) is 10.5. The summed E-state index contributed by atoms with van der Waals surface area (Å²) in [5.41, 5.74) is 1.09. The van der Waals surface area contributed by atoms with Crippen molar-refractivity contribution in [2.24, 2.45) is 0 Å². The molecule has 0 saturated carbocycles. The van der Waals surface area contributed by atoms with Gasteiger partial charge in [0.1, 0.15) is 17.1 Å². The number of anilines is 1. The Morgan fingerprint density at radius 3 is 2.50 bits per heavy atom. The van der Waals surface area contributed by atoms with Crippen LogP contribution in [-0.4, -0.2) is 62.0 Å². The van der Waals surface area contributed by atoms with Crippen molar-refractivity contribution in [1.29, 1.82) is 0 Å². The first kappa shape index (κ1) is 21.4. The van der Waals surface area contributed by atoms with Crippen LogP contribution in [0.25, 0.3) is 0 Å². The zero-order valence-electron chi connectivity index (χ0n) is 16.5. The van der Waals surface area contributed by atoms with Crippen molar-refractivity contribution in [3.05, 3.63) is 59.6 Å². The number of thioether (sulfide) groups is 1. The average molecular weight is 456 g/mol. The van der Waals surface area contributed by atoms with E-state index in [4.69, 9.17) is 0 Å². The molecule has 2 aliphatic rings. The third kappa shape index (κ3) is 3.56. The molecule has 0 aliphatic carbocycles. The van der Waals surface area contributed by atoms with Gasteiger partial charge in [-0.05, 0) is 12.1 Å². The van der Waals surface area contributed by atoms with Crippen molar-refractivity contribution < 1.29 is 39.1 Å². The van der Waals surface area contributed by atoms with E-state index < -0.39 is 29.0 Å². The SMILES string of the molecule is O=Cc1cc[n+](CC2=C(C(=O)O)N3C(=O)C(N(C=O)c4ccc(O)c(O)c4)[C@H]3SC2)cc1. The number of hydrogen-bond acceptors (Lipinski definition) is 7. The van der Waals surface area contributed by atoms with Crippen LogP contribution in [0.5, 0.6) is 11.5 Å². The van der Waals surface area contributed by atoms with Gasteiger partial charge in [-0.15, -0.1) is 11.8 Å². The minimum Gasteiger partial charge on any atom is -0.504 e. The molecule has 11 heteroatoms. The fourth-order valence-electron chi connectivity index (χ4n) is 3.74. The number of carboxylic acids is 1. The number of aromatic nitrogens is 1. The number of fused-ring (bicyclic) bond motifs is 1. The topological polar surface area (TPSA) is 139 Å². The summed E-state index contributed by atoms with van der Waals surface area (Å²) in [5.74, 6) is -2.30. The van der Waals surface area contributed by atoms with Gasteiger partial charge >= 0.3 is 5.97 Å². The number of rotatable bonds is 7. The standard InChI is InChI=1S/C21H17N3O7S/c25-9-12-3-5-22(6-4-12)8-13-10-32-20-18(19(29)24(20)17(13)21(30)31)23(11-26)14-1-2-15(27)16(28)7-14/h1-7,9,11,18,20H,8,10H2,(H2,25,30,31)/p+1/t18?,20-/m1/s1. The van der Waals surface area contributed by atoms with Crippen LogP contribution in [0.1, 0.15) is 10.4 Å². The monoisotopic (exact) mass is 456 g/mol. The molecule has 10 nitrogen and oxygen atoms in total. The highest BCUT2D eigenvalue weighted by Gasteiger charge is 2.56. The third-order valence-electron chi connectivity index (χ3n) is 5.32. The summed E-state index contributed by atoms with van der Waals surface area (Å²) in [6.07, 6.45) is 4.45. The molecule has 2 aliphatic heterocycles. The molecule has 4 rings (SSSR count). The lowest BCUT2D eigenvalue weighted by molar-refractivity contribution is -0.689. The predicted octanol–water partition coefficient (Wildman–Crippen LogP) is 0.483. The fourth-order valence-corrected chi connectivity index (χ4v) is 5.13. The van der Waals surface area contributed by atoms with Crippen molar-refractivity contribution in [1.82, 2.24) is 4.90 Å². The van der Waals surface area contributed by atoms with Crippen molar-refractivity contribution >= 4 is 42.0 Å². The number of hydrogen-bond donors (Lipinski definition) is 3. The van der Waals surface area contributed by atoms with Crippen LogP contribution in [0.4, 0.5) is 5.69 Å². The fraction of sp³-hybridized carbons (Fsp3) is 0.190. The normalized spacial score (nSPS) is 19.8. The van der Waals surface area contributed by atoms with E-state index in [0.717, 1.165) is 11.0 Å². The maximum absolute atomic E-state index is 13.0. The van der Waals surface area contributed by atoms with Gasteiger partial charge < -0.3 is 15.3 Å². The Bertz CT molecular complexity index is 1150. The van der Waals surface area contributed by atoms with E-state index in [1.165, 1.54) is 28.8 Å². The molecular weight excluding hydrogens is 438 g/mol. The molecule has 0 bridgehead atoms. The van der Waals surface area contributed by atoms with Gasteiger partial charge in [-0.2, -0.15) is 0 Å². The Morgan fingerprint density at radius 1 is 1.19 bits per heavy atom. The average Bonchev–Trinajstić information content (AvgIpc) is 2.79. The highest BCUT2D eigenvalue weighted by atomic mass is 32.2. The molecule has 2 amide bonds. The summed E-state index contributed by atoms with van der Waals surface area (Å²) in [6, 6.07) is 6.00. The number of nitrogens with zero attached hydrogens (tertiary/aromatic N) is 3. The number of aliphatic carboxylic acids is 1. The Kier molecular flexibility index (Phi) is 5.57. The summed E-state index contributed by atoms with van der Waals surface area (Å²) >= 11 is 1.33. The van der Waals surface area contributed by atoms with E-state index in [-0.39, 0.29) is 23.7 Å². The van der Waals surface area contributed by atoms with Crippen molar-refractivity contribution in [3.8, 4) is 11.5 Å². The molecule has 164 valence electrons. The second kappa shape index (κ2) is 8.35. The Balaban J connectivity index is 1.62. The molecule has 1 fully saturated rings. The molecule has 32 heavy (non-hydrogen) atoms. The van der Waals surface area contributed by atoms with Gasteiger partial charge in [-0.1, -0.05) is 0 Å². The Labute approximate surface area is 186 Å². The number of carbonyl (C=O) groups excluding carboxylic acids is 3. The number of carboxylic acid groups (broad SMARTS) is 1. The number of aldehydes is 1. The molecule has 2 atom stereocenters. The van der Waals surface area contributed by atoms with E-state index in [1.54, 1.807) is 29.1 Å². The molecule has 1 unspecified atom stereocenters. The van der Waals surface area contributed by atoms with E-state index >= 15 is 0 Å². The molecular formula is C21H18N3O7S+. The zero-order valence-corrected chi connectivity index (χ0v) is 17.3. The molecule has 2 aromatic rings. The molecule has 3 heterocycles. The van der Waals surface area contributed by atoms with Crippen LogP contribution in [0.3, 0.4) is 0 Å². The lowest BCUT2D eigenvalue weighted by Crippen LogP contribution is -2.70. The minimum absolute atomic E-state index is 0.124. The van der Waals surface area contributed by atoms with E-state index in [2.05, 4.69) is 0 Å². The number of aromatic hydroxyl groups is 2.